The van der Waals surface area contributed by atoms with Crippen molar-refractivity contribution in [2.24, 2.45) is 5.92 Å². The molecule has 0 radical (unpaired) electrons. The Balaban J connectivity index is 1.96. The van der Waals surface area contributed by atoms with Crippen LogP contribution in [0.5, 0.6) is 0 Å². The van der Waals surface area contributed by atoms with Crippen LogP contribution in [0.15, 0.2) is 42.5 Å². The van der Waals surface area contributed by atoms with Crippen molar-refractivity contribution in [2.45, 2.75) is 40.7 Å². The summed E-state index contributed by atoms with van der Waals surface area (Å²) in [5.41, 5.74) is 4.30. The molecule has 1 unspecified atom stereocenters. The number of hydrogen-bond donors (Lipinski definition) is 3. The van der Waals surface area contributed by atoms with Gasteiger partial charge in [-0.2, -0.15) is 0 Å². The topological polar surface area (TPSA) is 87.3 Å². The fourth-order valence-electron chi connectivity index (χ4n) is 3.19. The maximum Gasteiger partial charge on any atom is 0.251 e. The van der Waals surface area contributed by atoms with Crippen molar-refractivity contribution in [3.8, 4) is 0 Å². The molecule has 0 bridgehead atoms. The Hall–Kier alpha value is -3.15. The summed E-state index contributed by atoms with van der Waals surface area (Å²) in [4.78, 5) is 37.3. The normalized spacial score (nSPS) is 11.7. The first-order valence-corrected chi connectivity index (χ1v) is 9.70. The van der Waals surface area contributed by atoms with Crippen LogP contribution < -0.4 is 16.0 Å². The highest BCUT2D eigenvalue weighted by atomic mass is 16.2. The van der Waals surface area contributed by atoms with E-state index >= 15 is 0 Å². The molecular formula is C23H29N3O3. The van der Waals surface area contributed by atoms with Gasteiger partial charge in [0.1, 0.15) is 6.04 Å². The molecule has 2 aromatic carbocycles. The van der Waals surface area contributed by atoms with Crippen LogP contribution in [0, 0.1) is 26.7 Å². The van der Waals surface area contributed by atoms with Gasteiger partial charge in [0.05, 0.1) is 6.54 Å². The van der Waals surface area contributed by atoms with E-state index in [2.05, 4.69) is 16.0 Å². The second-order valence-corrected chi connectivity index (χ2v) is 7.60. The summed E-state index contributed by atoms with van der Waals surface area (Å²) >= 11 is 0. The summed E-state index contributed by atoms with van der Waals surface area (Å²) in [5.74, 6) is -1.16. The van der Waals surface area contributed by atoms with Gasteiger partial charge >= 0.3 is 0 Å². The molecule has 0 aliphatic carbocycles. The molecule has 6 heteroatoms. The summed E-state index contributed by atoms with van der Waals surface area (Å²) in [6.07, 6.45) is 0. The molecule has 0 aliphatic rings. The van der Waals surface area contributed by atoms with Gasteiger partial charge in [0.2, 0.25) is 11.8 Å². The number of rotatable bonds is 7. The summed E-state index contributed by atoms with van der Waals surface area (Å²) in [5, 5.41) is 8.23. The lowest BCUT2D eigenvalue weighted by molar-refractivity contribution is -0.126. The fourth-order valence-corrected chi connectivity index (χ4v) is 3.19. The maximum atomic E-state index is 12.6. The van der Waals surface area contributed by atoms with Gasteiger partial charge in [-0.05, 0) is 49.9 Å². The molecule has 2 aromatic rings. The first-order valence-electron chi connectivity index (χ1n) is 9.70. The Morgan fingerprint density at radius 1 is 0.931 bits per heavy atom. The fraction of sp³-hybridized carbons (Fsp3) is 0.348. The second-order valence-electron chi connectivity index (χ2n) is 7.60. The van der Waals surface area contributed by atoms with Crippen LogP contribution in [-0.4, -0.2) is 30.3 Å². The number of aryl methyl sites for hydroxylation is 3. The highest BCUT2D eigenvalue weighted by Crippen LogP contribution is 2.21. The van der Waals surface area contributed by atoms with E-state index in [1.54, 1.807) is 24.3 Å². The summed E-state index contributed by atoms with van der Waals surface area (Å²) in [6, 6.07) is 12.0. The smallest absolute Gasteiger partial charge is 0.251 e. The van der Waals surface area contributed by atoms with Crippen molar-refractivity contribution in [3.05, 3.63) is 64.7 Å². The molecule has 0 spiro atoms. The quantitative estimate of drug-likeness (QED) is 0.673. The minimum Gasteiger partial charge on any atom is -0.345 e. The molecule has 6 nitrogen and oxygen atoms in total. The van der Waals surface area contributed by atoms with Crippen LogP contribution in [0.25, 0.3) is 0 Å². The van der Waals surface area contributed by atoms with Gasteiger partial charge in [-0.25, -0.2) is 0 Å². The number of nitrogens with one attached hydrogen (secondary N) is 3. The molecular weight excluding hydrogens is 366 g/mol. The van der Waals surface area contributed by atoms with Gasteiger partial charge in [0, 0.05) is 11.3 Å². The SMILES string of the molecule is Cc1cc(C)c(NC(=O)CNC(=O)C(NC(=O)c2ccccc2)C(C)C)c(C)c1. The van der Waals surface area contributed by atoms with Crippen LogP contribution in [0.2, 0.25) is 0 Å². The molecule has 2 rings (SSSR count). The summed E-state index contributed by atoms with van der Waals surface area (Å²) in [7, 11) is 0. The average Bonchev–Trinajstić information content (AvgIpc) is 2.67. The Bertz CT molecular complexity index is 868. The van der Waals surface area contributed by atoms with Gasteiger partial charge in [0.25, 0.3) is 5.91 Å². The number of carbonyl (C=O) groups excluding carboxylic acids is 3. The molecule has 3 N–H and O–H groups in total. The zero-order valence-corrected chi connectivity index (χ0v) is 17.6. The molecule has 154 valence electrons. The summed E-state index contributed by atoms with van der Waals surface area (Å²) < 4.78 is 0. The highest BCUT2D eigenvalue weighted by Gasteiger charge is 2.25. The highest BCUT2D eigenvalue weighted by molar-refractivity contribution is 5.99. The van der Waals surface area contributed by atoms with Crippen molar-refractivity contribution >= 4 is 23.4 Å². The van der Waals surface area contributed by atoms with E-state index in [1.165, 1.54) is 0 Å². The number of benzene rings is 2. The largest absolute Gasteiger partial charge is 0.345 e. The maximum absolute atomic E-state index is 12.6. The Labute approximate surface area is 172 Å². The van der Waals surface area contributed by atoms with Gasteiger partial charge < -0.3 is 16.0 Å². The zero-order chi connectivity index (χ0) is 21.6. The molecule has 29 heavy (non-hydrogen) atoms. The predicted octanol–water partition coefficient (Wildman–Crippen LogP) is 3.12. The standard InChI is InChI=1S/C23H29N3O3/c1-14(2)20(26-22(28)18-9-7-6-8-10-18)23(29)24-13-19(27)25-21-16(4)11-15(3)12-17(21)5/h6-12,14,20H,13H2,1-5H3,(H,24,29)(H,25,27)(H,26,28). The van der Waals surface area contributed by atoms with Gasteiger partial charge in [0.15, 0.2) is 0 Å². The van der Waals surface area contributed by atoms with E-state index in [-0.39, 0.29) is 24.3 Å². The Morgan fingerprint density at radius 2 is 1.52 bits per heavy atom. The second kappa shape index (κ2) is 9.87. The first-order chi connectivity index (χ1) is 13.7. The molecule has 0 aromatic heterocycles. The van der Waals surface area contributed by atoms with E-state index in [4.69, 9.17) is 0 Å². The number of amides is 3. The minimum atomic E-state index is -0.738. The van der Waals surface area contributed by atoms with Gasteiger partial charge in [-0.3, -0.25) is 14.4 Å². The van der Waals surface area contributed by atoms with E-state index in [0.717, 1.165) is 22.4 Å². The number of anilines is 1. The lowest BCUT2D eigenvalue weighted by Gasteiger charge is -2.22. The van der Waals surface area contributed by atoms with Crippen molar-refractivity contribution in [1.82, 2.24) is 10.6 Å². The van der Waals surface area contributed by atoms with Crippen LogP contribution in [0.4, 0.5) is 5.69 Å². The third kappa shape index (κ3) is 6.17. The lowest BCUT2D eigenvalue weighted by atomic mass is 10.0. The third-order valence-electron chi connectivity index (χ3n) is 4.64. The third-order valence-corrected chi connectivity index (χ3v) is 4.64. The monoisotopic (exact) mass is 395 g/mol. The molecule has 0 fully saturated rings. The van der Waals surface area contributed by atoms with Crippen molar-refractivity contribution < 1.29 is 14.4 Å². The Morgan fingerprint density at radius 3 is 2.07 bits per heavy atom. The molecule has 0 aliphatic heterocycles. The van der Waals surface area contributed by atoms with Crippen LogP contribution in [0.3, 0.4) is 0 Å². The zero-order valence-electron chi connectivity index (χ0n) is 17.6. The van der Waals surface area contributed by atoms with E-state index in [9.17, 15) is 14.4 Å². The predicted molar refractivity (Wildman–Crippen MR) is 115 cm³/mol. The van der Waals surface area contributed by atoms with Crippen molar-refractivity contribution in [3.63, 3.8) is 0 Å². The molecule has 1 atom stereocenters. The van der Waals surface area contributed by atoms with E-state index in [1.807, 2.05) is 52.8 Å². The van der Waals surface area contributed by atoms with Crippen molar-refractivity contribution in [1.29, 1.82) is 0 Å². The van der Waals surface area contributed by atoms with Crippen LogP contribution >= 0.6 is 0 Å². The molecule has 0 saturated carbocycles. The number of hydrogen-bond acceptors (Lipinski definition) is 3. The van der Waals surface area contributed by atoms with Crippen LogP contribution in [0.1, 0.15) is 40.9 Å². The average molecular weight is 396 g/mol. The first kappa shape index (κ1) is 22.1. The van der Waals surface area contributed by atoms with E-state index in [0.29, 0.717) is 5.56 Å². The number of carbonyl (C=O) groups is 3. The lowest BCUT2D eigenvalue weighted by Crippen LogP contribution is -2.51. The van der Waals surface area contributed by atoms with Gasteiger partial charge in [-0.1, -0.05) is 49.7 Å². The van der Waals surface area contributed by atoms with E-state index < -0.39 is 11.9 Å². The molecule has 3 amide bonds. The minimum absolute atomic E-state index is 0.132. The van der Waals surface area contributed by atoms with Gasteiger partial charge in [-0.15, -0.1) is 0 Å². The van der Waals surface area contributed by atoms with Crippen molar-refractivity contribution in [2.75, 3.05) is 11.9 Å². The molecule has 0 saturated heterocycles. The van der Waals surface area contributed by atoms with Crippen LogP contribution in [-0.2, 0) is 9.59 Å². The summed E-state index contributed by atoms with van der Waals surface area (Å²) in [6.45, 7) is 9.38. The molecule has 0 heterocycles. The Kier molecular flexibility index (Phi) is 7.53.